The van der Waals surface area contributed by atoms with Crippen LogP contribution < -0.4 is 5.32 Å². The highest BCUT2D eigenvalue weighted by Crippen LogP contribution is 2.49. The van der Waals surface area contributed by atoms with Crippen LogP contribution in [0.25, 0.3) is 0 Å². The second-order valence-electron chi connectivity index (χ2n) is 6.35. The van der Waals surface area contributed by atoms with Gasteiger partial charge in [0.15, 0.2) is 0 Å². The molecule has 4 heteroatoms. The van der Waals surface area contributed by atoms with Gasteiger partial charge >= 0.3 is 5.97 Å². The Morgan fingerprint density at radius 2 is 1.57 bits per heavy atom. The largest absolute Gasteiger partial charge is 0.480 e. The molecule has 2 aliphatic carbocycles. The van der Waals surface area contributed by atoms with Gasteiger partial charge in [-0.25, -0.2) is 4.79 Å². The molecule has 112 valence electrons. The zero-order valence-corrected chi connectivity index (χ0v) is 12.1. The van der Waals surface area contributed by atoms with Crippen LogP contribution in [0.2, 0.25) is 0 Å². The molecular weight excluding hydrogens is 266 g/mol. The van der Waals surface area contributed by atoms with Crippen LogP contribution >= 0.6 is 0 Å². The lowest BCUT2D eigenvalue weighted by molar-refractivity contribution is -0.149. The molecule has 0 atom stereocenters. The van der Waals surface area contributed by atoms with Gasteiger partial charge in [-0.3, -0.25) is 4.79 Å². The lowest BCUT2D eigenvalue weighted by atomic mass is 9.80. The topological polar surface area (TPSA) is 66.4 Å². The van der Waals surface area contributed by atoms with Crippen molar-refractivity contribution < 1.29 is 14.7 Å². The van der Waals surface area contributed by atoms with E-state index in [9.17, 15) is 14.7 Å². The zero-order chi connectivity index (χ0) is 14.9. The van der Waals surface area contributed by atoms with Gasteiger partial charge < -0.3 is 10.4 Å². The van der Waals surface area contributed by atoms with Crippen molar-refractivity contribution in [3.05, 3.63) is 35.9 Å². The van der Waals surface area contributed by atoms with Crippen molar-refractivity contribution in [3.63, 3.8) is 0 Å². The SMILES string of the molecule is O=C(O)C1(NC(=O)C2(c3ccccc3)CC2)CCCCC1. The van der Waals surface area contributed by atoms with E-state index < -0.39 is 16.9 Å². The van der Waals surface area contributed by atoms with Crippen molar-refractivity contribution >= 4 is 11.9 Å². The van der Waals surface area contributed by atoms with Crippen LogP contribution in [0.3, 0.4) is 0 Å². The summed E-state index contributed by atoms with van der Waals surface area (Å²) in [6.07, 6.45) is 5.47. The van der Waals surface area contributed by atoms with E-state index in [0.717, 1.165) is 37.7 Å². The highest BCUT2D eigenvalue weighted by Gasteiger charge is 2.54. The molecule has 3 rings (SSSR count). The molecule has 0 unspecified atom stereocenters. The van der Waals surface area contributed by atoms with Crippen LogP contribution in [-0.2, 0) is 15.0 Å². The third kappa shape index (κ3) is 2.43. The summed E-state index contributed by atoms with van der Waals surface area (Å²) >= 11 is 0. The summed E-state index contributed by atoms with van der Waals surface area (Å²) in [6, 6.07) is 9.70. The van der Waals surface area contributed by atoms with Crippen LogP contribution in [0.1, 0.15) is 50.5 Å². The number of carbonyl (C=O) groups excluding carboxylic acids is 1. The van der Waals surface area contributed by atoms with Crippen LogP contribution in [0.5, 0.6) is 0 Å². The maximum absolute atomic E-state index is 12.7. The molecule has 2 N–H and O–H groups in total. The molecule has 2 saturated carbocycles. The van der Waals surface area contributed by atoms with Crippen molar-refractivity contribution in [1.82, 2.24) is 5.32 Å². The van der Waals surface area contributed by atoms with E-state index >= 15 is 0 Å². The molecule has 0 heterocycles. The summed E-state index contributed by atoms with van der Waals surface area (Å²) < 4.78 is 0. The molecule has 2 aliphatic rings. The zero-order valence-electron chi connectivity index (χ0n) is 12.1. The number of carbonyl (C=O) groups is 2. The molecule has 0 spiro atoms. The van der Waals surface area contributed by atoms with Crippen molar-refractivity contribution in [2.75, 3.05) is 0 Å². The molecule has 1 aromatic carbocycles. The molecule has 4 nitrogen and oxygen atoms in total. The second kappa shape index (κ2) is 5.17. The number of benzene rings is 1. The Hall–Kier alpha value is -1.84. The maximum Gasteiger partial charge on any atom is 0.329 e. The lowest BCUT2D eigenvalue weighted by Gasteiger charge is -2.35. The lowest BCUT2D eigenvalue weighted by Crippen LogP contribution is -2.57. The Morgan fingerprint density at radius 3 is 2.10 bits per heavy atom. The normalized spacial score (nSPS) is 22.3. The molecular formula is C17H21NO3. The number of carboxylic acids is 1. The Kier molecular flexibility index (Phi) is 3.47. The van der Waals surface area contributed by atoms with Gasteiger partial charge in [0, 0.05) is 0 Å². The minimum Gasteiger partial charge on any atom is -0.480 e. The Bertz CT molecular complexity index is 542. The summed E-state index contributed by atoms with van der Waals surface area (Å²) in [4.78, 5) is 24.4. The summed E-state index contributed by atoms with van der Waals surface area (Å²) in [6.45, 7) is 0. The van der Waals surface area contributed by atoms with Crippen molar-refractivity contribution in [2.24, 2.45) is 0 Å². The van der Waals surface area contributed by atoms with Crippen molar-refractivity contribution in [3.8, 4) is 0 Å². The van der Waals surface area contributed by atoms with Crippen molar-refractivity contribution in [1.29, 1.82) is 0 Å². The van der Waals surface area contributed by atoms with E-state index in [2.05, 4.69) is 5.32 Å². The Labute approximate surface area is 124 Å². The van der Waals surface area contributed by atoms with E-state index in [1.165, 1.54) is 0 Å². The fourth-order valence-electron chi connectivity index (χ4n) is 3.41. The molecule has 0 radical (unpaired) electrons. The third-order valence-electron chi connectivity index (χ3n) is 4.98. The monoisotopic (exact) mass is 287 g/mol. The van der Waals surface area contributed by atoms with Gasteiger partial charge in [-0.1, -0.05) is 49.6 Å². The van der Waals surface area contributed by atoms with E-state index in [4.69, 9.17) is 0 Å². The highest BCUT2D eigenvalue weighted by atomic mass is 16.4. The molecule has 0 bridgehead atoms. The highest BCUT2D eigenvalue weighted by molar-refractivity contribution is 5.95. The Morgan fingerprint density at radius 1 is 0.952 bits per heavy atom. The standard InChI is InChI=1S/C17H21NO3/c19-14(16(11-12-16)13-7-3-1-4-8-13)18-17(15(20)21)9-5-2-6-10-17/h1,3-4,7-8H,2,5-6,9-12H2,(H,18,19)(H,20,21). The van der Waals surface area contributed by atoms with Gasteiger partial charge in [-0.05, 0) is 31.2 Å². The van der Waals surface area contributed by atoms with E-state index in [1.54, 1.807) is 0 Å². The molecule has 0 saturated heterocycles. The molecule has 1 amide bonds. The predicted molar refractivity (Wildman–Crippen MR) is 78.9 cm³/mol. The van der Waals surface area contributed by atoms with Gasteiger partial charge in [0.1, 0.15) is 5.54 Å². The first-order valence-corrected chi connectivity index (χ1v) is 7.71. The van der Waals surface area contributed by atoms with E-state index in [1.807, 2.05) is 30.3 Å². The maximum atomic E-state index is 12.7. The first kappa shape index (κ1) is 14.1. The average Bonchev–Trinajstić information content (AvgIpc) is 3.31. The minimum atomic E-state index is -1.06. The fraction of sp³-hybridized carbons (Fsp3) is 0.529. The quantitative estimate of drug-likeness (QED) is 0.894. The van der Waals surface area contributed by atoms with Gasteiger partial charge in [-0.15, -0.1) is 0 Å². The summed E-state index contributed by atoms with van der Waals surface area (Å²) in [7, 11) is 0. The number of carboxylic acid groups (broad SMARTS) is 1. The van der Waals surface area contributed by atoms with Crippen LogP contribution in [-0.4, -0.2) is 22.5 Å². The minimum absolute atomic E-state index is 0.113. The van der Waals surface area contributed by atoms with Crippen LogP contribution in [0, 0.1) is 0 Å². The second-order valence-corrected chi connectivity index (χ2v) is 6.35. The fourth-order valence-corrected chi connectivity index (χ4v) is 3.41. The van der Waals surface area contributed by atoms with Crippen LogP contribution in [0.4, 0.5) is 0 Å². The molecule has 2 fully saturated rings. The number of nitrogens with one attached hydrogen (secondary N) is 1. The van der Waals surface area contributed by atoms with Crippen molar-refractivity contribution in [2.45, 2.75) is 55.9 Å². The summed E-state index contributed by atoms with van der Waals surface area (Å²) in [5.41, 5.74) is -0.556. The molecule has 0 aliphatic heterocycles. The predicted octanol–water partition coefficient (Wildman–Crippen LogP) is 2.62. The smallest absolute Gasteiger partial charge is 0.329 e. The first-order valence-electron chi connectivity index (χ1n) is 7.71. The molecule has 1 aromatic rings. The van der Waals surface area contributed by atoms with Gasteiger partial charge in [0.05, 0.1) is 5.41 Å². The van der Waals surface area contributed by atoms with Crippen LogP contribution in [0.15, 0.2) is 30.3 Å². The number of rotatable bonds is 4. The summed E-state index contributed by atoms with van der Waals surface area (Å²) in [5.74, 6) is -1.00. The van der Waals surface area contributed by atoms with E-state index in [-0.39, 0.29) is 5.91 Å². The number of aliphatic carboxylic acids is 1. The van der Waals surface area contributed by atoms with Gasteiger partial charge in [-0.2, -0.15) is 0 Å². The summed E-state index contributed by atoms with van der Waals surface area (Å²) in [5, 5.41) is 12.5. The van der Waals surface area contributed by atoms with Gasteiger partial charge in [0.2, 0.25) is 5.91 Å². The third-order valence-corrected chi connectivity index (χ3v) is 4.98. The molecule has 0 aromatic heterocycles. The Balaban J connectivity index is 1.81. The van der Waals surface area contributed by atoms with Gasteiger partial charge in [0.25, 0.3) is 0 Å². The number of amides is 1. The first-order chi connectivity index (χ1) is 10.1. The average molecular weight is 287 g/mol. The number of hydrogen-bond donors (Lipinski definition) is 2. The number of hydrogen-bond acceptors (Lipinski definition) is 2. The molecule has 21 heavy (non-hydrogen) atoms. The van der Waals surface area contributed by atoms with E-state index in [0.29, 0.717) is 12.8 Å².